The van der Waals surface area contributed by atoms with Crippen LogP contribution in [-0.4, -0.2) is 53.3 Å². The van der Waals surface area contributed by atoms with Gasteiger partial charge in [0.1, 0.15) is 5.75 Å². The largest absolute Gasteiger partial charge is 0.506 e. The normalized spacial score (nSPS) is 14.9. The van der Waals surface area contributed by atoms with Crippen molar-refractivity contribution in [2.45, 2.75) is 12.8 Å². The van der Waals surface area contributed by atoms with Gasteiger partial charge in [0.2, 0.25) is 0 Å². The summed E-state index contributed by atoms with van der Waals surface area (Å²) in [6, 6.07) is 3.36. The maximum absolute atomic E-state index is 11.7. The summed E-state index contributed by atoms with van der Waals surface area (Å²) in [5.41, 5.74) is 0.145. The Morgan fingerprint density at radius 1 is 1.24 bits per heavy atom. The lowest BCUT2D eigenvalue weighted by molar-refractivity contribution is 0.0696. The Morgan fingerprint density at radius 2 is 1.95 bits per heavy atom. The van der Waals surface area contributed by atoms with Gasteiger partial charge in [0.25, 0.3) is 0 Å². The lowest BCUT2D eigenvalue weighted by Gasteiger charge is -2.15. The molecule has 1 heterocycles. The van der Waals surface area contributed by atoms with Gasteiger partial charge >= 0.3 is 12.0 Å². The number of urea groups is 1. The zero-order valence-corrected chi connectivity index (χ0v) is 11.6. The number of carboxylic acid groups (broad SMARTS) is 1. The average molecular weight is 293 g/mol. The van der Waals surface area contributed by atoms with E-state index in [0.29, 0.717) is 6.54 Å². The van der Waals surface area contributed by atoms with Gasteiger partial charge in [-0.3, -0.25) is 0 Å². The molecule has 0 bridgehead atoms. The van der Waals surface area contributed by atoms with Crippen molar-refractivity contribution in [1.82, 2.24) is 10.2 Å². The number of nitrogens with zero attached hydrogens (tertiary/aromatic N) is 1. The van der Waals surface area contributed by atoms with Crippen LogP contribution in [0.2, 0.25) is 0 Å². The molecule has 0 unspecified atom stereocenters. The van der Waals surface area contributed by atoms with E-state index in [0.717, 1.165) is 25.7 Å². The van der Waals surface area contributed by atoms with Crippen LogP contribution in [0, 0.1) is 0 Å². The zero-order valence-electron chi connectivity index (χ0n) is 11.6. The third-order valence-electron chi connectivity index (χ3n) is 3.41. The van der Waals surface area contributed by atoms with Crippen molar-refractivity contribution in [2.24, 2.45) is 0 Å². The molecule has 0 radical (unpaired) electrons. The number of hydrogen-bond acceptors (Lipinski definition) is 4. The number of carboxylic acids is 1. The Bertz CT molecular complexity index is 527. The number of carbonyl (C=O) groups excluding carboxylic acids is 1. The topological polar surface area (TPSA) is 102 Å². The molecule has 0 aliphatic carbocycles. The summed E-state index contributed by atoms with van der Waals surface area (Å²) < 4.78 is 0. The minimum Gasteiger partial charge on any atom is -0.506 e. The summed E-state index contributed by atoms with van der Waals surface area (Å²) in [5, 5.41) is 23.7. The third kappa shape index (κ3) is 4.35. The fourth-order valence-corrected chi connectivity index (χ4v) is 2.27. The van der Waals surface area contributed by atoms with Crippen molar-refractivity contribution >= 4 is 17.7 Å². The van der Waals surface area contributed by atoms with Crippen LogP contribution in [0.4, 0.5) is 10.5 Å². The van der Waals surface area contributed by atoms with E-state index in [9.17, 15) is 14.7 Å². The lowest BCUT2D eigenvalue weighted by Crippen LogP contribution is -2.35. The summed E-state index contributed by atoms with van der Waals surface area (Å²) in [6.07, 6.45) is 2.41. The second-order valence-corrected chi connectivity index (χ2v) is 4.97. The van der Waals surface area contributed by atoms with Gasteiger partial charge in [-0.1, -0.05) is 0 Å². The molecule has 0 atom stereocenters. The summed E-state index contributed by atoms with van der Waals surface area (Å²) in [5.74, 6) is -1.41. The maximum atomic E-state index is 11.7. The molecule has 7 heteroatoms. The fourth-order valence-electron chi connectivity index (χ4n) is 2.27. The van der Waals surface area contributed by atoms with Gasteiger partial charge in [-0.15, -0.1) is 0 Å². The van der Waals surface area contributed by atoms with E-state index in [-0.39, 0.29) is 17.0 Å². The molecule has 114 valence electrons. The van der Waals surface area contributed by atoms with Crippen molar-refractivity contribution in [3.63, 3.8) is 0 Å². The van der Waals surface area contributed by atoms with Crippen LogP contribution >= 0.6 is 0 Å². The summed E-state index contributed by atoms with van der Waals surface area (Å²) in [6.45, 7) is 3.47. The monoisotopic (exact) mass is 293 g/mol. The van der Waals surface area contributed by atoms with Gasteiger partial charge in [-0.25, -0.2) is 9.59 Å². The standard InChI is InChI=1S/C14H19N3O4/c18-12-9-10(13(19)20)3-4-11(12)16-14(21)15-5-8-17-6-1-2-7-17/h3-4,9,18H,1-2,5-8H2,(H,19,20)(H2,15,16,21). The van der Waals surface area contributed by atoms with Gasteiger partial charge < -0.3 is 25.7 Å². The molecule has 21 heavy (non-hydrogen) atoms. The first kappa shape index (κ1) is 15.1. The number of likely N-dealkylation sites (tertiary alicyclic amines) is 1. The minimum absolute atomic E-state index is 0.0347. The van der Waals surface area contributed by atoms with Crippen LogP contribution in [0.5, 0.6) is 5.75 Å². The first-order valence-corrected chi connectivity index (χ1v) is 6.90. The number of aromatic carboxylic acids is 1. The van der Waals surface area contributed by atoms with E-state index in [2.05, 4.69) is 15.5 Å². The predicted octanol–water partition coefficient (Wildman–Crippen LogP) is 1.31. The second kappa shape index (κ2) is 6.94. The molecule has 1 aliphatic rings. The fraction of sp³-hybridized carbons (Fsp3) is 0.429. The molecule has 4 N–H and O–H groups in total. The van der Waals surface area contributed by atoms with Crippen molar-refractivity contribution < 1.29 is 19.8 Å². The Kier molecular flexibility index (Phi) is 4.99. The minimum atomic E-state index is -1.13. The second-order valence-electron chi connectivity index (χ2n) is 4.97. The first-order chi connectivity index (χ1) is 10.1. The number of anilines is 1. The van der Waals surface area contributed by atoms with Gasteiger partial charge in [-0.05, 0) is 44.1 Å². The SMILES string of the molecule is O=C(NCCN1CCCC1)Nc1ccc(C(=O)O)cc1O. The zero-order chi connectivity index (χ0) is 15.2. The molecule has 2 rings (SSSR count). The average Bonchev–Trinajstić information content (AvgIpc) is 2.94. The van der Waals surface area contributed by atoms with Gasteiger partial charge in [0.05, 0.1) is 11.3 Å². The Hall–Kier alpha value is -2.28. The number of nitrogens with one attached hydrogen (secondary N) is 2. The van der Waals surface area contributed by atoms with Crippen LogP contribution in [0.25, 0.3) is 0 Å². The maximum Gasteiger partial charge on any atom is 0.335 e. The molecule has 1 aromatic carbocycles. The van der Waals surface area contributed by atoms with Crippen molar-refractivity contribution in [3.05, 3.63) is 23.8 Å². The highest BCUT2D eigenvalue weighted by molar-refractivity contribution is 5.93. The number of phenolic OH excluding ortho intramolecular Hbond substituents is 1. The highest BCUT2D eigenvalue weighted by atomic mass is 16.4. The molecule has 1 aromatic rings. The molecule has 1 saturated heterocycles. The first-order valence-electron chi connectivity index (χ1n) is 6.90. The van der Waals surface area contributed by atoms with Crippen LogP contribution in [0.15, 0.2) is 18.2 Å². The van der Waals surface area contributed by atoms with Crippen LogP contribution < -0.4 is 10.6 Å². The molecule has 0 saturated carbocycles. The number of phenols is 1. The van der Waals surface area contributed by atoms with Crippen molar-refractivity contribution in [1.29, 1.82) is 0 Å². The summed E-state index contributed by atoms with van der Waals surface area (Å²) in [4.78, 5) is 24.7. The van der Waals surface area contributed by atoms with E-state index >= 15 is 0 Å². The van der Waals surface area contributed by atoms with E-state index < -0.39 is 12.0 Å². The third-order valence-corrected chi connectivity index (χ3v) is 3.41. The van der Waals surface area contributed by atoms with E-state index in [4.69, 9.17) is 5.11 Å². The van der Waals surface area contributed by atoms with E-state index in [1.54, 1.807) is 0 Å². The number of carbonyl (C=O) groups is 2. The molecule has 7 nitrogen and oxygen atoms in total. The van der Waals surface area contributed by atoms with Gasteiger partial charge in [-0.2, -0.15) is 0 Å². The Morgan fingerprint density at radius 3 is 2.57 bits per heavy atom. The molecule has 2 amide bonds. The Labute approximate surface area is 122 Å². The number of amides is 2. The van der Waals surface area contributed by atoms with Crippen LogP contribution in [0.1, 0.15) is 23.2 Å². The smallest absolute Gasteiger partial charge is 0.335 e. The molecule has 1 aliphatic heterocycles. The van der Waals surface area contributed by atoms with Crippen LogP contribution in [0.3, 0.4) is 0 Å². The molecule has 0 aromatic heterocycles. The van der Waals surface area contributed by atoms with Crippen LogP contribution in [-0.2, 0) is 0 Å². The van der Waals surface area contributed by atoms with Crippen molar-refractivity contribution in [2.75, 3.05) is 31.5 Å². The highest BCUT2D eigenvalue weighted by Gasteiger charge is 2.12. The van der Waals surface area contributed by atoms with Gasteiger partial charge in [0, 0.05) is 13.1 Å². The van der Waals surface area contributed by atoms with Crippen molar-refractivity contribution in [3.8, 4) is 5.75 Å². The number of rotatable bonds is 5. The van der Waals surface area contributed by atoms with Gasteiger partial charge in [0.15, 0.2) is 0 Å². The lowest BCUT2D eigenvalue weighted by atomic mass is 10.2. The molecule has 0 spiro atoms. The summed E-state index contributed by atoms with van der Waals surface area (Å²) >= 11 is 0. The Balaban J connectivity index is 1.80. The highest BCUT2D eigenvalue weighted by Crippen LogP contribution is 2.24. The molecular formula is C14H19N3O4. The number of aromatic hydroxyl groups is 1. The predicted molar refractivity (Wildman–Crippen MR) is 77.8 cm³/mol. The molecule has 1 fully saturated rings. The number of benzene rings is 1. The van der Waals surface area contributed by atoms with E-state index in [1.165, 1.54) is 25.0 Å². The van der Waals surface area contributed by atoms with E-state index in [1.807, 2.05) is 0 Å². The number of hydrogen-bond donors (Lipinski definition) is 4. The summed E-state index contributed by atoms with van der Waals surface area (Å²) in [7, 11) is 0. The molecular weight excluding hydrogens is 274 g/mol. The quantitative estimate of drug-likeness (QED) is 0.613.